The van der Waals surface area contributed by atoms with Crippen molar-refractivity contribution >= 4 is 8.80 Å². The standard InChI is InChI=1S/C30H64NO6Si/c1-4-5-6-7-8-9-10-11-12-13-14-15-16-17-18-19-21-31(2,3)22-20-27-38(33)36-25-23-34-28-30(32)29-35-24-26-37-38/h30,32-33H,4-29H2,1-3H3/q+1. The van der Waals surface area contributed by atoms with E-state index in [2.05, 4.69) is 21.0 Å². The average Bonchev–Trinajstić information content (AvgIpc) is 2.87. The molecule has 0 spiro atoms. The number of hydrogen-bond donors (Lipinski definition) is 2. The van der Waals surface area contributed by atoms with Gasteiger partial charge in [-0.25, -0.2) is 0 Å². The molecule has 1 aliphatic heterocycles. The zero-order chi connectivity index (χ0) is 27.8. The number of aliphatic hydroxyl groups excluding tert-OH is 1. The largest absolute Gasteiger partial charge is 0.498 e. The maximum absolute atomic E-state index is 11.0. The Morgan fingerprint density at radius 2 is 1.00 bits per heavy atom. The van der Waals surface area contributed by atoms with E-state index in [4.69, 9.17) is 18.3 Å². The minimum atomic E-state index is -3.24. The van der Waals surface area contributed by atoms with Crippen molar-refractivity contribution in [3.05, 3.63) is 0 Å². The molecule has 1 heterocycles. The van der Waals surface area contributed by atoms with Crippen molar-refractivity contribution < 1.29 is 32.7 Å². The lowest BCUT2D eigenvalue weighted by molar-refractivity contribution is -0.890. The first-order chi connectivity index (χ1) is 18.4. The smallest absolute Gasteiger partial charge is 0.390 e. The van der Waals surface area contributed by atoms with Crippen LogP contribution in [0.25, 0.3) is 0 Å². The molecule has 0 radical (unpaired) electrons. The van der Waals surface area contributed by atoms with E-state index in [9.17, 15) is 9.90 Å². The number of ether oxygens (including phenoxy) is 2. The molecule has 0 aromatic heterocycles. The summed E-state index contributed by atoms with van der Waals surface area (Å²) in [4.78, 5) is 11.0. The molecule has 1 fully saturated rings. The van der Waals surface area contributed by atoms with Gasteiger partial charge in [-0.05, 0) is 12.8 Å². The normalized spacial score (nSPS) is 22.2. The average molecular weight is 563 g/mol. The first kappa shape index (κ1) is 36.0. The molecule has 7 nitrogen and oxygen atoms in total. The molecule has 228 valence electrons. The van der Waals surface area contributed by atoms with Gasteiger partial charge in [0.25, 0.3) is 0 Å². The lowest BCUT2D eigenvalue weighted by atomic mass is 10.0. The Labute approximate surface area is 236 Å². The Bertz CT molecular complexity index is 511. The summed E-state index contributed by atoms with van der Waals surface area (Å²) in [5, 5.41) is 9.70. The molecule has 0 bridgehead atoms. The lowest BCUT2D eigenvalue weighted by Crippen LogP contribution is -2.47. The Kier molecular flexibility index (Phi) is 22.4. The second-order valence-electron chi connectivity index (χ2n) is 12.0. The van der Waals surface area contributed by atoms with E-state index < -0.39 is 14.9 Å². The summed E-state index contributed by atoms with van der Waals surface area (Å²) in [7, 11) is 1.33. The first-order valence-electron chi connectivity index (χ1n) is 16.0. The molecule has 0 amide bonds. The molecule has 1 aliphatic rings. The zero-order valence-corrected chi connectivity index (χ0v) is 26.4. The van der Waals surface area contributed by atoms with Crippen LogP contribution in [0.4, 0.5) is 0 Å². The highest BCUT2D eigenvalue weighted by Gasteiger charge is 2.37. The maximum atomic E-state index is 11.0. The van der Waals surface area contributed by atoms with E-state index in [1.165, 1.54) is 109 Å². The minimum Gasteiger partial charge on any atom is -0.390 e. The number of hydrogen-bond acceptors (Lipinski definition) is 6. The molecule has 2 N–H and O–H groups in total. The summed E-state index contributed by atoms with van der Waals surface area (Å²) in [5.74, 6) is 0. The molecule has 0 aromatic carbocycles. The van der Waals surface area contributed by atoms with Crippen molar-refractivity contribution in [2.45, 2.75) is 128 Å². The fourth-order valence-corrected chi connectivity index (χ4v) is 6.90. The Morgan fingerprint density at radius 3 is 1.45 bits per heavy atom. The number of nitrogens with zero attached hydrogens (tertiary/aromatic N) is 1. The van der Waals surface area contributed by atoms with Gasteiger partial charge in [-0.2, -0.15) is 0 Å². The van der Waals surface area contributed by atoms with Crippen molar-refractivity contribution in [1.29, 1.82) is 0 Å². The second kappa shape index (κ2) is 23.6. The molecular weight excluding hydrogens is 498 g/mol. The molecule has 1 saturated heterocycles. The Balaban J connectivity index is 2.02. The van der Waals surface area contributed by atoms with Crippen LogP contribution in [0.2, 0.25) is 6.04 Å². The number of quaternary nitrogens is 1. The monoisotopic (exact) mass is 562 g/mol. The van der Waals surface area contributed by atoms with E-state index in [1.807, 2.05) is 0 Å². The zero-order valence-electron chi connectivity index (χ0n) is 25.4. The minimum absolute atomic E-state index is 0.217. The van der Waals surface area contributed by atoms with Gasteiger partial charge in [0.2, 0.25) is 0 Å². The number of unbranched alkanes of at least 4 members (excludes halogenated alkanes) is 15. The lowest BCUT2D eigenvalue weighted by Gasteiger charge is -2.31. The molecule has 0 saturated carbocycles. The van der Waals surface area contributed by atoms with Gasteiger partial charge in [-0.3, -0.25) is 0 Å². The van der Waals surface area contributed by atoms with Crippen molar-refractivity contribution in [2.75, 3.05) is 66.8 Å². The van der Waals surface area contributed by atoms with Gasteiger partial charge in [0.15, 0.2) is 0 Å². The van der Waals surface area contributed by atoms with Crippen LogP contribution in [0.3, 0.4) is 0 Å². The van der Waals surface area contributed by atoms with Crippen LogP contribution in [-0.2, 0) is 18.3 Å². The highest BCUT2D eigenvalue weighted by Crippen LogP contribution is 2.17. The molecule has 8 heteroatoms. The van der Waals surface area contributed by atoms with Crippen LogP contribution < -0.4 is 0 Å². The van der Waals surface area contributed by atoms with Crippen molar-refractivity contribution in [3.63, 3.8) is 0 Å². The van der Waals surface area contributed by atoms with Gasteiger partial charge in [-0.1, -0.05) is 96.8 Å². The third-order valence-corrected chi connectivity index (χ3v) is 9.90. The number of rotatable bonds is 21. The van der Waals surface area contributed by atoms with E-state index in [-0.39, 0.29) is 26.4 Å². The summed E-state index contributed by atoms with van der Waals surface area (Å²) in [6.45, 7) is 6.12. The van der Waals surface area contributed by atoms with Crippen molar-refractivity contribution in [3.8, 4) is 0 Å². The molecule has 1 rings (SSSR count). The van der Waals surface area contributed by atoms with Crippen LogP contribution >= 0.6 is 0 Å². The first-order valence-corrected chi connectivity index (χ1v) is 18.0. The van der Waals surface area contributed by atoms with E-state index in [0.717, 1.165) is 17.4 Å². The molecule has 38 heavy (non-hydrogen) atoms. The molecular formula is C30H64NO6Si+. The molecule has 0 atom stereocenters. The van der Waals surface area contributed by atoms with Crippen LogP contribution in [0, 0.1) is 0 Å². The van der Waals surface area contributed by atoms with Gasteiger partial charge in [0, 0.05) is 12.5 Å². The van der Waals surface area contributed by atoms with Gasteiger partial charge in [0.1, 0.15) is 6.10 Å². The number of aliphatic hydroxyl groups is 1. The molecule has 0 unspecified atom stereocenters. The summed E-state index contributed by atoms with van der Waals surface area (Å²) >= 11 is 0. The van der Waals surface area contributed by atoms with Crippen LogP contribution in [0.5, 0.6) is 0 Å². The van der Waals surface area contributed by atoms with Gasteiger partial charge in [0.05, 0.1) is 66.8 Å². The SMILES string of the molecule is CCCCCCCCCCCCCCCCCC[N+](C)(C)CCC[Si]1(O)OCCOCC(O)COCCO1. The van der Waals surface area contributed by atoms with Crippen LogP contribution in [0.15, 0.2) is 0 Å². The quantitative estimate of drug-likeness (QED) is 0.100. The van der Waals surface area contributed by atoms with E-state index >= 15 is 0 Å². The predicted octanol–water partition coefficient (Wildman–Crippen LogP) is 6.09. The fourth-order valence-electron chi connectivity index (χ4n) is 5.12. The summed E-state index contributed by atoms with van der Waals surface area (Å²) in [5.41, 5.74) is 0. The summed E-state index contributed by atoms with van der Waals surface area (Å²) < 4.78 is 23.2. The van der Waals surface area contributed by atoms with E-state index in [1.54, 1.807) is 0 Å². The molecule has 0 aliphatic carbocycles. The van der Waals surface area contributed by atoms with E-state index in [0.29, 0.717) is 19.3 Å². The fraction of sp³-hybridized carbons (Fsp3) is 1.00. The van der Waals surface area contributed by atoms with Gasteiger partial charge in [-0.15, -0.1) is 0 Å². The third kappa shape index (κ3) is 21.7. The Hall–Kier alpha value is -0.0631. The van der Waals surface area contributed by atoms with Crippen molar-refractivity contribution in [2.24, 2.45) is 0 Å². The highest BCUT2D eigenvalue weighted by atomic mass is 28.4. The van der Waals surface area contributed by atoms with Crippen LogP contribution in [0.1, 0.15) is 116 Å². The molecule has 0 aromatic rings. The third-order valence-electron chi connectivity index (χ3n) is 7.60. The van der Waals surface area contributed by atoms with Gasteiger partial charge >= 0.3 is 8.80 Å². The topological polar surface area (TPSA) is 77.4 Å². The second-order valence-corrected chi connectivity index (χ2v) is 14.5. The maximum Gasteiger partial charge on any atom is 0.498 e. The highest BCUT2D eigenvalue weighted by molar-refractivity contribution is 6.59. The summed E-state index contributed by atoms with van der Waals surface area (Å²) in [6, 6.07) is 0.552. The van der Waals surface area contributed by atoms with Crippen molar-refractivity contribution in [1.82, 2.24) is 0 Å². The predicted molar refractivity (Wildman–Crippen MR) is 158 cm³/mol. The van der Waals surface area contributed by atoms with Gasteiger partial charge < -0.3 is 32.7 Å². The van der Waals surface area contributed by atoms with Crippen LogP contribution in [-0.4, -0.2) is 96.1 Å². The summed E-state index contributed by atoms with van der Waals surface area (Å²) in [6.07, 6.45) is 22.6. The Morgan fingerprint density at radius 1 is 0.605 bits per heavy atom.